The molecule has 0 radical (unpaired) electrons. The molecule has 0 heterocycles. The van der Waals surface area contributed by atoms with Crippen molar-refractivity contribution >= 4 is 23.2 Å². The van der Waals surface area contributed by atoms with Gasteiger partial charge in [0.25, 0.3) is 5.91 Å². The van der Waals surface area contributed by atoms with Crippen molar-refractivity contribution in [1.29, 1.82) is 5.26 Å². The Morgan fingerprint density at radius 2 is 2.05 bits per heavy atom. The summed E-state index contributed by atoms with van der Waals surface area (Å²) in [6, 6.07) is 11.8. The van der Waals surface area contributed by atoms with Gasteiger partial charge in [0, 0.05) is 5.56 Å². The smallest absolute Gasteiger partial charge is 0.255 e. The summed E-state index contributed by atoms with van der Waals surface area (Å²) in [5.74, 6) is -0.954. The van der Waals surface area contributed by atoms with Crippen LogP contribution in [0.4, 0.5) is 10.1 Å². The lowest BCUT2D eigenvalue weighted by Gasteiger charge is -2.07. The van der Waals surface area contributed by atoms with Crippen LogP contribution in [0.15, 0.2) is 42.5 Å². The maximum Gasteiger partial charge on any atom is 0.255 e. The van der Waals surface area contributed by atoms with Crippen molar-refractivity contribution < 1.29 is 9.18 Å². The van der Waals surface area contributed by atoms with E-state index in [0.29, 0.717) is 11.3 Å². The quantitative estimate of drug-likeness (QED) is 0.909. The molecule has 2 aromatic carbocycles. The second kappa shape index (κ2) is 5.51. The number of hydrogen-bond acceptors (Lipinski definition) is 2. The van der Waals surface area contributed by atoms with Crippen molar-refractivity contribution in [3.8, 4) is 6.07 Å². The van der Waals surface area contributed by atoms with Crippen LogP contribution >= 0.6 is 11.6 Å². The van der Waals surface area contributed by atoms with Gasteiger partial charge in [0.15, 0.2) is 0 Å². The summed E-state index contributed by atoms with van der Waals surface area (Å²) < 4.78 is 13.0. The highest BCUT2D eigenvalue weighted by molar-refractivity contribution is 6.34. The number of carbonyl (C=O) groups is 1. The monoisotopic (exact) mass is 274 g/mol. The number of hydrogen-bond donors (Lipinski definition) is 1. The number of anilines is 1. The van der Waals surface area contributed by atoms with Crippen molar-refractivity contribution in [3.05, 3.63) is 64.4 Å². The first kappa shape index (κ1) is 13.1. The molecule has 0 atom stereocenters. The minimum atomic E-state index is -0.487. The fraction of sp³-hybridized carbons (Fsp3) is 0. The molecule has 2 aromatic rings. The van der Waals surface area contributed by atoms with Crippen LogP contribution in [0.25, 0.3) is 0 Å². The van der Waals surface area contributed by atoms with E-state index < -0.39 is 11.7 Å². The number of benzene rings is 2. The molecule has 0 fully saturated rings. The zero-order valence-electron chi connectivity index (χ0n) is 9.65. The molecule has 0 bridgehead atoms. The van der Waals surface area contributed by atoms with Crippen LogP contribution < -0.4 is 5.32 Å². The second-order valence-electron chi connectivity index (χ2n) is 3.77. The van der Waals surface area contributed by atoms with E-state index in [2.05, 4.69) is 5.32 Å². The Balaban J connectivity index is 2.22. The molecule has 0 saturated heterocycles. The predicted octanol–water partition coefficient (Wildman–Crippen LogP) is 3.60. The summed E-state index contributed by atoms with van der Waals surface area (Å²) in [4.78, 5) is 11.9. The summed E-state index contributed by atoms with van der Waals surface area (Å²) in [5, 5.41) is 11.5. The molecule has 0 spiro atoms. The van der Waals surface area contributed by atoms with E-state index in [1.807, 2.05) is 6.07 Å². The van der Waals surface area contributed by atoms with Crippen LogP contribution in [0, 0.1) is 17.1 Å². The van der Waals surface area contributed by atoms with E-state index in [4.69, 9.17) is 16.9 Å². The highest BCUT2D eigenvalue weighted by Gasteiger charge is 2.09. The molecule has 0 saturated carbocycles. The van der Waals surface area contributed by atoms with E-state index in [9.17, 15) is 9.18 Å². The van der Waals surface area contributed by atoms with E-state index >= 15 is 0 Å². The third-order valence-corrected chi connectivity index (χ3v) is 2.75. The van der Waals surface area contributed by atoms with E-state index in [1.165, 1.54) is 36.4 Å². The summed E-state index contributed by atoms with van der Waals surface area (Å²) >= 11 is 5.93. The molecule has 1 N–H and O–H groups in total. The Hall–Kier alpha value is -2.38. The molecule has 0 aliphatic heterocycles. The van der Waals surface area contributed by atoms with Crippen LogP contribution in [0.3, 0.4) is 0 Å². The van der Waals surface area contributed by atoms with Gasteiger partial charge in [-0.05, 0) is 36.4 Å². The highest BCUT2D eigenvalue weighted by Crippen LogP contribution is 2.23. The first-order chi connectivity index (χ1) is 9.10. The van der Waals surface area contributed by atoms with Gasteiger partial charge in [0.2, 0.25) is 0 Å². The Kier molecular flexibility index (Phi) is 3.79. The van der Waals surface area contributed by atoms with E-state index in [1.54, 1.807) is 0 Å². The molecule has 19 heavy (non-hydrogen) atoms. The Morgan fingerprint density at radius 3 is 2.68 bits per heavy atom. The average molecular weight is 275 g/mol. The lowest BCUT2D eigenvalue weighted by molar-refractivity contribution is 0.102. The molecule has 0 aliphatic carbocycles. The molecule has 1 amide bonds. The van der Waals surface area contributed by atoms with Crippen molar-refractivity contribution in [2.75, 3.05) is 5.32 Å². The van der Waals surface area contributed by atoms with Gasteiger partial charge in [0.1, 0.15) is 5.82 Å². The van der Waals surface area contributed by atoms with Crippen LogP contribution in [0.1, 0.15) is 15.9 Å². The molecule has 3 nitrogen and oxygen atoms in total. The van der Waals surface area contributed by atoms with Crippen LogP contribution in [0.2, 0.25) is 5.02 Å². The van der Waals surface area contributed by atoms with Crippen molar-refractivity contribution in [2.24, 2.45) is 0 Å². The van der Waals surface area contributed by atoms with Crippen LogP contribution in [0.5, 0.6) is 0 Å². The number of nitrogens with zero attached hydrogens (tertiary/aromatic N) is 1. The maximum atomic E-state index is 13.0. The number of amides is 1. The fourth-order valence-electron chi connectivity index (χ4n) is 1.51. The Bertz CT molecular complexity index is 679. The predicted molar refractivity (Wildman–Crippen MR) is 70.5 cm³/mol. The number of halogens is 2. The first-order valence-corrected chi connectivity index (χ1v) is 5.74. The van der Waals surface area contributed by atoms with Crippen molar-refractivity contribution in [1.82, 2.24) is 0 Å². The van der Waals surface area contributed by atoms with Crippen molar-refractivity contribution in [3.63, 3.8) is 0 Å². The lowest BCUT2D eigenvalue weighted by atomic mass is 10.2. The number of rotatable bonds is 2. The molecule has 5 heteroatoms. The van der Waals surface area contributed by atoms with Crippen molar-refractivity contribution in [2.45, 2.75) is 0 Å². The minimum Gasteiger partial charge on any atom is -0.321 e. The summed E-state index contributed by atoms with van der Waals surface area (Å²) in [6.07, 6.45) is 0. The van der Waals surface area contributed by atoms with Gasteiger partial charge in [-0.3, -0.25) is 4.79 Å². The molecule has 94 valence electrons. The third-order valence-electron chi connectivity index (χ3n) is 2.43. The molecule has 0 aromatic heterocycles. The second-order valence-corrected chi connectivity index (χ2v) is 4.18. The first-order valence-electron chi connectivity index (χ1n) is 5.37. The molecule has 0 unspecified atom stereocenters. The molecule has 2 rings (SSSR count). The molecular weight excluding hydrogens is 267 g/mol. The van der Waals surface area contributed by atoms with Crippen LogP contribution in [-0.4, -0.2) is 5.91 Å². The number of nitriles is 1. The highest BCUT2D eigenvalue weighted by atomic mass is 35.5. The van der Waals surface area contributed by atoms with Gasteiger partial charge in [-0.25, -0.2) is 4.39 Å². The van der Waals surface area contributed by atoms with Gasteiger partial charge in [-0.2, -0.15) is 5.26 Å². The minimum absolute atomic E-state index is 0.195. The zero-order valence-corrected chi connectivity index (χ0v) is 10.4. The Labute approximate surface area is 114 Å². The number of nitrogens with one attached hydrogen (secondary N) is 1. The van der Waals surface area contributed by atoms with Gasteiger partial charge >= 0.3 is 0 Å². The largest absolute Gasteiger partial charge is 0.321 e. The summed E-state index contributed by atoms with van der Waals surface area (Å²) in [5.41, 5.74) is 0.962. The average Bonchev–Trinajstić information content (AvgIpc) is 2.41. The van der Waals surface area contributed by atoms with Gasteiger partial charge in [0.05, 0.1) is 22.3 Å². The third kappa shape index (κ3) is 3.09. The van der Waals surface area contributed by atoms with Gasteiger partial charge in [-0.15, -0.1) is 0 Å². The Morgan fingerprint density at radius 1 is 1.26 bits per heavy atom. The fourth-order valence-corrected chi connectivity index (χ4v) is 1.74. The van der Waals surface area contributed by atoms with Gasteiger partial charge in [-0.1, -0.05) is 17.7 Å². The van der Waals surface area contributed by atoms with Gasteiger partial charge < -0.3 is 5.32 Å². The number of carbonyl (C=O) groups excluding carboxylic acids is 1. The normalized spacial score (nSPS) is 9.74. The van der Waals surface area contributed by atoms with E-state index in [0.717, 1.165) is 6.07 Å². The maximum absolute atomic E-state index is 13.0. The summed E-state index contributed by atoms with van der Waals surface area (Å²) in [7, 11) is 0. The lowest BCUT2D eigenvalue weighted by Crippen LogP contribution is -2.12. The molecule has 0 aliphatic rings. The zero-order chi connectivity index (χ0) is 13.8. The van der Waals surface area contributed by atoms with Crippen LogP contribution in [-0.2, 0) is 0 Å². The SMILES string of the molecule is N#Cc1ccc(NC(=O)c2cccc(F)c2)c(Cl)c1. The van der Waals surface area contributed by atoms with E-state index in [-0.39, 0.29) is 10.6 Å². The summed E-state index contributed by atoms with van der Waals surface area (Å²) in [6.45, 7) is 0. The molecular formula is C14H8ClFN2O. The standard InChI is InChI=1S/C14H8ClFN2O/c15-12-6-9(8-17)4-5-13(12)18-14(19)10-2-1-3-11(16)7-10/h1-7H,(H,18,19). The topological polar surface area (TPSA) is 52.9 Å².